The Morgan fingerprint density at radius 3 is 2.76 bits per heavy atom. The van der Waals surface area contributed by atoms with Crippen molar-refractivity contribution in [3.8, 4) is 5.75 Å². The minimum atomic E-state index is 0.0818. The summed E-state index contributed by atoms with van der Waals surface area (Å²) in [7, 11) is 1.60. The van der Waals surface area contributed by atoms with E-state index in [2.05, 4.69) is 5.32 Å². The quantitative estimate of drug-likeness (QED) is 0.900. The van der Waals surface area contributed by atoms with Gasteiger partial charge in [-0.1, -0.05) is 23.2 Å². The Labute approximate surface area is 110 Å². The number of piperidine rings is 1. The lowest BCUT2D eigenvalue weighted by Crippen LogP contribution is -2.33. The topological polar surface area (TPSA) is 38.3 Å². The number of halogens is 2. The highest BCUT2D eigenvalue weighted by molar-refractivity contribution is 6.42. The maximum absolute atomic E-state index is 11.1. The normalized spacial score (nSPS) is 19.9. The Hall–Kier alpha value is -0.930. The second kappa shape index (κ2) is 5.15. The van der Waals surface area contributed by atoms with Gasteiger partial charge in [0.1, 0.15) is 5.75 Å². The number of ether oxygens (including phenoxy) is 1. The fourth-order valence-corrected chi connectivity index (χ4v) is 2.56. The van der Waals surface area contributed by atoms with Crippen LogP contribution in [0.2, 0.25) is 10.0 Å². The maximum atomic E-state index is 11.1. The molecule has 0 spiro atoms. The Morgan fingerprint density at radius 2 is 2.18 bits per heavy atom. The number of carbonyl (C=O) groups is 1. The van der Waals surface area contributed by atoms with Crippen molar-refractivity contribution in [1.82, 2.24) is 5.32 Å². The number of nitrogens with one attached hydrogen (secondary N) is 1. The van der Waals surface area contributed by atoms with Crippen molar-refractivity contribution >= 4 is 29.1 Å². The predicted molar refractivity (Wildman–Crippen MR) is 68.0 cm³/mol. The molecule has 0 aromatic heterocycles. The summed E-state index contributed by atoms with van der Waals surface area (Å²) in [5.41, 5.74) is 0.890. The fraction of sp³-hybridized carbons (Fsp3) is 0.417. The molecule has 1 amide bonds. The Morgan fingerprint density at radius 1 is 1.41 bits per heavy atom. The van der Waals surface area contributed by atoms with Crippen LogP contribution in [0.1, 0.15) is 24.3 Å². The van der Waals surface area contributed by atoms with Gasteiger partial charge in [-0.3, -0.25) is 4.79 Å². The highest BCUT2D eigenvalue weighted by atomic mass is 35.5. The summed E-state index contributed by atoms with van der Waals surface area (Å²) in [6, 6.07) is 3.52. The largest absolute Gasteiger partial charge is 0.496 e. The molecule has 0 bridgehead atoms. The van der Waals surface area contributed by atoms with Gasteiger partial charge in [0.15, 0.2) is 0 Å². The lowest BCUT2D eigenvalue weighted by Gasteiger charge is -2.25. The molecule has 1 atom stereocenters. The van der Waals surface area contributed by atoms with Gasteiger partial charge in [0.05, 0.1) is 17.2 Å². The molecule has 1 aliphatic heterocycles. The molecule has 5 heteroatoms. The molecule has 1 saturated heterocycles. The van der Waals surface area contributed by atoms with Gasteiger partial charge in [0.25, 0.3) is 0 Å². The van der Waals surface area contributed by atoms with Crippen molar-refractivity contribution in [2.45, 2.75) is 18.8 Å². The molecule has 92 valence electrons. The molecule has 1 heterocycles. The first-order valence-corrected chi connectivity index (χ1v) is 6.17. The third-order valence-corrected chi connectivity index (χ3v) is 3.81. The first-order valence-electron chi connectivity index (χ1n) is 5.42. The number of hydrogen-bond acceptors (Lipinski definition) is 2. The minimum absolute atomic E-state index is 0.0818. The first-order chi connectivity index (χ1) is 8.13. The molecule has 17 heavy (non-hydrogen) atoms. The van der Waals surface area contributed by atoms with Crippen LogP contribution >= 0.6 is 23.2 Å². The van der Waals surface area contributed by atoms with Crippen molar-refractivity contribution in [3.05, 3.63) is 27.7 Å². The lowest BCUT2D eigenvalue weighted by atomic mass is 9.90. The van der Waals surface area contributed by atoms with Gasteiger partial charge < -0.3 is 10.1 Å². The molecule has 1 fully saturated rings. The van der Waals surface area contributed by atoms with Gasteiger partial charge in [-0.2, -0.15) is 0 Å². The highest BCUT2D eigenvalue weighted by Crippen LogP contribution is 2.40. The monoisotopic (exact) mass is 273 g/mol. The number of methoxy groups -OCH3 is 1. The Bertz CT molecular complexity index is 438. The average Bonchev–Trinajstić information content (AvgIpc) is 2.34. The van der Waals surface area contributed by atoms with Gasteiger partial charge in [0.2, 0.25) is 5.91 Å². The van der Waals surface area contributed by atoms with E-state index in [0.29, 0.717) is 23.0 Å². The summed E-state index contributed by atoms with van der Waals surface area (Å²) >= 11 is 12.2. The average molecular weight is 274 g/mol. The highest BCUT2D eigenvalue weighted by Gasteiger charge is 2.25. The van der Waals surface area contributed by atoms with Crippen LogP contribution in [0.4, 0.5) is 0 Å². The van der Waals surface area contributed by atoms with Gasteiger partial charge >= 0.3 is 0 Å². The molecular formula is C12H13Cl2NO2. The molecule has 1 unspecified atom stereocenters. The van der Waals surface area contributed by atoms with Crippen LogP contribution in [0.25, 0.3) is 0 Å². The molecule has 0 saturated carbocycles. The third kappa shape index (κ3) is 2.50. The smallest absolute Gasteiger partial charge is 0.220 e. The van der Waals surface area contributed by atoms with Crippen molar-refractivity contribution in [2.24, 2.45) is 0 Å². The molecule has 1 aromatic rings. The summed E-state index contributed by atoms with van der Waals surface area (Å²) in [5.74, 6) is 0.966. The van der Waals surface area contributed by atoms with Crippen molar-refractivity contribution in [3.63, 3.8) is 0 Å². The molecule has 0 radical (unpaired) electrons. The summed E-state index contributed by atoms with van der Waals surface area (Å²) < 4.78 is 5.31. The number of hydrogen-bond donors (Lipinski definition) is 1. The van der Waals surface area contributed by atoms with E-state index in [1.54, 1.807) is 19.2 Å². The Balaban J connectivity index is 2.36. The second-order valence-electron chi connectivity index (χ2n) is 4.02. The lowest BCUT2D eigenvalue weighted by molar-refractivity contribution is -0.122. The number of carbonyl (C=O) groups excluding carboxylic acids is 1. The van der Waals surface area contributed by atoms with Crippen molar-refractivity contribution in [2.75, 3.05) is 13.7 Å². The number of rotatable bonds is 2. The zero-order valence-corrected chi connectivity index (χ0v) is 10.9. The van der Waals surface area contributed by atoms with Crippen LogP contribution in [0.15, 0.2) is 12.1 Å². The van der Waals surface area contributed by atoms with Crippen LogP contribution in [-0.2, 0) is 4.79 Å². The van der Waals surface area contributed by atoms with E-state index in [1.165, 1.54) is 0 Å². The van der Waals surface area contributed by atoms with Gasteiger partial charge in [0, 0.05) is 24.4 Å². The Kier molecular flexibility index (Phi) is 3.79. The van der Waals surface area contributed by atoms with Crippen LogP contribution in [0.3, 0.4) is 0 Å². The van der Waals surface area contributed by atoms with E-state index in [0.717, 1.165) is 17.7 Å². The summed E-state index contributed by atoms with van der Waals surface area (Å²) in [4.78, 5) is 11.1. The van der Waals surface area contributed by atoms with Gasteiger partial charge in [-0.25, -0.2) is 0 Å². The SMILES string of the molecule is COc1ccc(Cl)c(Cl)c1C1CCC(=O)NC1. The third-order valence-electron chi connectivity index (χ3n) is 2.99. The number of amides is 1. The maximum Gasteiger partial charge on any atom is 0.220 e. The zero-order chi connectivity index (χ0) is 12.4. The molecule has 3 nitrogen and oxygen atoms in total. The van der Waals surface area contributed by atoms with Crippen LogP contribution in [0, 0.1) is 0 Å². The van der Waals surface area contributed by atoms with Gasteiger partial charge in [-0.05, 0) is 18.6 Å². The molecule has 0 aliphatic carbocycles. The van der Waals surface area contributed by atoms with Crippen molar-refractivity contribution in [1.29, 1.82) is 0 Å². The van der Waals surface area contributed by atoms with E-state index in [4.69, 9.17) is 27.9 Å². The molecular weight excluding hydrogens is 261 g/mol. The second-order valence-corrected chi connectivity index (χ2v) is 4.80. The standard InChI is InChI=1S/C12H13Cl2NO2/c1-17-9-4-3-8(13)12(14)11(9)7-2-5-10(16)15-6-7/h3-4,7H,2,5-6H2,1H3,(H,15,16). The number of benzene rings is 1. The molecule has 1 N–H and O–H groups in total. The molecule has 2 rings (SSSR count). The first kappa shape index (κ1) is 12.5. The van der Waals surface area contributed by atoms with Crippen LogP contribution in [-0.4, -0.2) is 19.6 Å². The summed E-state index contributed by atoms with van der Waals surface area (Å²) in [6.45, 7) is 0.579. The summed E-state index contributed by atoms with van der Waals surface area (Å²) in [6.07, 6.45) is 1.28. The molecule has 1 aliphatic rings. The molecule has 1 aromatic carbocycles. The fourth-order valence-electron chi connectivity index (χ4n) is 2.09. The van der Waals surface area contributed by atoms with E-state index in [-0.39, 0.29) is 11.8 Å². The van der Waals surface area contributed by atoms with E-state index in [1.807, 2.05) is 0 Å². The summed E-state index contributed by atoms with van der Waals surface area (Å²) in [5, 5.41) is 3.87. The van der Waals surface area contributed by atoms with Crippen LogP contribution < -0.4 is 10.1 Å². The zero-order valence-electron chi connectivity index (χ0n) is 9.43. The van der Waals surface area contributed by atoms with E-state index < -0.39 is 0 Å². The predicted octanol–water partition coefficient (Wildman–Crippen LogP) is 3.00. The minimum Gasteiger partial charge on any atom is -0.496 e. The van der Waals surface area contributed by atoms with Gasteiger partial charge in [-0.15, -0.1) is 0 Å². The van der Waals surface area contributed by atoms with Crippen molar-refractivity contribution < 1.29 is 9.53 Å². The van der Waals surface area contributed by atoms with E-state index in [9.17, 15) is 4.79 Å². The van der Waals surface area contributed by atoms with E-state index >= 15 is 0 Å². The van der Waals surface area contributed by atoms with Crippen LogP contribution in [0.5, 0.6) is 5.75 Å².